The van der Waals surface area contributed by atoms with Gasteiger partial charge < -0.3 is 5.32 Å². The van der Waals surface area contributed by atoms with Crippen molar-refractivity contribution in [3.63, 3.8) is 0 Å². The highest BCUT2D eigenvalue weighted by Crippen LogP contribution is 2.05. The van der Waals surface area contributed by atoms with Crippen LogP contribution in [0.4, 0.5) is 0 Å². The molecule has 0 aliphatic heterocycles. The predicted molar refractivity (Wildman–Crippen MR) is 64.6 cm³/mol. The molecule has 0 rings (SSSR count). The Morgan fingerprint density at radius 2 is 1.92 bits per heavy atom. The third-order valence-corrected chi connectivity index (χ3v) is 2.91. The van der Waals surface area contributed by atoms with Crippen LogP contribution in [0.15, 0.2) is 0 Å². The van der Waals surface area contributed by atoms with E-state index in [2.05, 4.69) is 26.1 Å². The van der Waals surface area contributed by atoms with Crippen LogP contribution < -0.4 is 5.32 Å². The quantitative estimate of drug-likeness (QED) is 0.578. The van der Waals surface area contributed by atoms with Crippen molar-refractivity contribution in [2.24, 2.45) is 5.92 Å². The molecule has 0 aliphatic carbocycles. The first-order valence-electron chi connectivity index (χ1n) is 5.55. The Bertz CT molecular complexity index is 94.1. The molecule has 0 unspecified atom stereocenters. The lowest BCUT2D eigenvalue weighted by molar-refractivity contribution is 0.525. The van der Waals surface area contributed by atoms with Crippen LogP contribution in [0.1, 0.15) is 40.0 Å². The number of thioether (sulfide) groups is 1. The van der Waals surface area contributed by atoms with Crippen LogP contribution in [-0.4, -0.2) is 24.6 Å². The van der Waals surface area contributed by atoms with Crippen LogP contribution in [0.5, 0.6) is 0 Å². The number of nitrogens with one attached hydrogen (secondary N) is 1. The highest BCUT2D eigenvalue weighted by atomic mass is 32.2. The van der Waals surface area contributed by atoms with Gasteiger partial charge in [0.05, 0.1) is 0 Å². The lowest BCUT2D eigenvalue weighted by atomic mass is 10.1. The summed E-state index contributed by atoms with van der Waals surface area (Å²) >= 11 is 2.01. The predicted octanol–water partition coefficient (Wildman–Crippen LogP) is 3.16. The van der Waals surface area contributed by atoms with E-state index in [4.69, 9.17) is 0 Å². The molecule has 0 fully saturated rings. The van der Waals surface area contributed by atoms with Crippen molar-refractivity contribution in [2.75, 3.05) is 24.6 Å². The van der Waals surface area contributed by atoms with Gasteiger partial charge in [0.1, 0.15) is 0 Å². The molecule has 1 N–H and O–H groups in total. The normalized spacial score (nSPS) is 11.1. The number of hydrogen-bond donors (Lipinski definition) is 1. The zero-order valence-electron chi connectivity index (χ0n) is 9.44. The summed E-state index contributed by atoms with van der Waals surface area (Å²) in [6.07, 6.45) is 4.10. The molecule has 0 spiro atoms. The molecule has 13 heavy (non-hydrogen) atoms. The molecule has 0 bridgehead atoms. The standard InChI is InChI=1S/C11H25NS/c1-4-13-10-9-12-8-6-5-7-11(2)3/h11-12H,4-10H2,1-3H3. The second-order valence-electron chi connectivity index (χ2n) is 3.84. The third kappa shape index (κ3) is 12.3. The first kappa shape index (κ1) is 13.3. The lowest BCUT2D eigenvalue weighted by Crippen LogP contribution is -2.18. The summed E-state index contributed by atoms with van der Waals surface area (Å²) in [5, 5.41) is 3.47. The monoisotopic (exact) mass is 203 g/mol. The van der Waals surface area contributed by atoms with E-state index in [-0.39, 0.29) is 0 Å². The Morgan fingerprint density at radius 1 is 1.15 bits per heavy atom. The van der Waals surface area contributed by atoms with Crippen molar-refractivity contribution >= 4 is 11.8 Å². The number of unbranched alkanes of at least 4 members (excludes halogenated alkanes) is 1. The first-order valence-corrected chi connectivity index (χ1v) is 6.71. The average Bonchev–Trinajstić information content (AvgIpc) is 2.09. The minimum atomic E-state index is 0.871. The summed E-state index contributed by atoms with van der Waals surface area (Å²) in [5.41, 5.74) is 0. The fourth-order valence-electron chi connectivity index (χ4n) is 1.22. The topological polar surface area (TPSA) is 12.0 Å². The van der Waals surface area contributed by atoms with Crippen LogP contribution in [0, 0.1) is 5.92 Å². The molecule has 0 heterocycles. The van der Waals surface area contributed by atoms with Gasteiger partial charge in [0.2, 0.25) is 0 Å². The highest BCUT2D eigenvalue weighted by molar-refractivity contribution is 7.99. The molecule has 80 valence electrons. The van der Waals surface area contributed by atoms with Crippen LogP contribution in [0.3, 0.4) is 0 Å². The van der Waals surface area contributed by atoms with E-state index in [9.17, 15) is 0 Å². The van der Waals surface area contributed by atoms with Crippen molar-refractivity contribution in [1.29, 1.82) is 0 Å². The molecule has 2 heteroatoms. The lowest BCUT2D eigenvalue weighted by Gasteiger charge is -2.05. The molecular weight excluding hydrogens is 178 g/mol. The zero-order chi connectivity index (χ0) is 9.94. The van der Waals surface area contributed by atoms with Crippen molar-refractivity contribution in [3.05, 3.63) is 0 Å². The van der Waals surface area contributed by atoms with Crippen LogP contribution >= 0.6 is 11.8 Å². The van der Waals surface area contributed by atoms with Crippen molar-refractivity contribution in [3.8, 4) is 0 Å². The Hall–Kier alpha value is 0.310. The van der Waals surface area contributed by atoms with E-state index < -0.39 is 0 Å². The molecule has 0 aromatic carbocycles. The van der Waals surface area contributed by atoms with Gasteiger partial charge in [-0.3, -0.25) is 0 Å². The van der Waals surface area contributed by atoms with E-state index in [1.165, 1.54) is 43.9 Å². The Kier molecular flexibility index (Phi) is 10.6. The van der Waals surface area contributed by atoms with Gasteiger partial charge in [-0.05, 0) is 24.6 Å². The molecule has 0 amide bonds. The molecule has 0 radical (unpaired) electrons. The van der Waals surface area contributed by atoms with E-state index in [1.54, 1.807) is 0 Å². The van der Waals surface area contributed by atoms with E-state index in [1.807, 2.05) is 11.8 Å². The maximum atomic E-state index is 3.47. The summed E-state index contributed by atoms with van der Waals surface area (Å²) in [5.74, 6) is 3.38. The molecule has 0 aromatic heterocycles. The van der Waals surface area contributed by atoms with Gasteiger partial charge in [-0.25, -0.2) is 0 Å². The summed E-state index contributed by atoms with van der Waals surface area (Å²) in [4.78, 5) is 0. The molecule has 0 aliphatic rings. The molecular formula is C11H25NS. The molecule has 1 nitrogen and oxygen atoms in total. The van der Waals surface area contributed by atoms with Crippen LogP contribution in [0.25, 0.3) is 0 Å². The third-order valence-electron chi connectivity index (χ3n) is 2.01. The average molecular weight is 203 g/mol. The fourth-order valence-corrected chi connectivity index (χ4v) is 1.79. The zero-order valence-corrected chi connectivity index (χ0v) is 10.3. The minimum absolute atomic E-state index is 0.871. The van der Waals surface area contributed by atoms with E-state index in [0.29, 0.717) is 0 Å². The second-order valence-corrected chi connectivity index (χ2v) is 5.23. The maximum absolute atomic E-state index is 3.47. The summed E-state index contributed by atoms with van der Waals surface area (Å²) < 4.78 is 0. The molecule has 0 aromatic rings. The van der Waals surface area contributed by atoms with Gasteiger partial charge in [0.15, 0.2) is 0 Å². The van der Waals surface area contributed by atoms with Gasteiger partial charge >= 0.3 is 0 Å². The smallest absolute Gasteiger partial charge is 0.00579 e. The first-order chi connectivity index (χ1) is 6.27. The van der Waals surface area contributed by atoms with Crippen LogP contribution in [0.2, 0.25) is 0 Å². The summed E-state index contributed by atoms with van der Waals surface area (Å²) in [6, 6.07) is 0. The molecule has 0 saturated heterocycles. The van der Waals surface area contributed by atoms with Gasteiger partial charge in [0.25, 0.3) is 0 Å². The Balaban J connectivity index is 2.84. The largest absolute Gasteiger partial charge is 0.316 e. The van der Waals surface area contributed by atoms with E-state index in [0.717, 1.165) is 5.92 Å². The highest BCUT2D eigenvalue weighted by Gasteiger charge is 1.93. The molecule has 0 atom stereocenters. The minimum Gasteiger partial charge on any atom is -0.316 e. The number of hydrogen-bond acceptors (Lipinski definition) is 2. The van der Waals surface area contributed by atoms with Crippen molar-refractivity contribution < 1.29 is 0 Å². The maximum Gasteiger partial charge on any atom is 0.00579 e. The van der Waals surface area contributed by atoms with Gasteiger partial charge in [-0.1, -0.05) is 33.6 Å². The molecule has 0 saturated carbocycles. The SMILES string of the molecule is CCSCCNCCCCC(C)C. The van der Waals surface area contributed by atoms with Crippen molar-refractivity contribution in [1.82, 2.24) is 5.32 Å². The summed E-state index contributed by atoms with van der Waals surface area (Å²) in [6.45, 7) is 9.20. The number of rotatable bonds is 9. The Morgan fingerprint density at radius 3 is 2.54 bits per heavy atom. The van der Waals surface area contributed by atoms with Gasteiger partial charge in [-0.2, -0.15) is 11.8 Å². The second kappa shape index (κ2) is 10.4. The van der Waals surface area contributed by atoms with Gasteiger partial charge in [-0.15, -0.1) is 0 Å². The Labute approximate surface area is 88.1 Å². The van der Waals surface area contributed by atoms with Crippen molar-refractivity contribution in [2.45, 2.75) is 40.0 Å². The van der Waals surface area contributed by atoms with Gasteiger partial charge in [0, 0.05) is 12.3 Å². The van der Waals surface area contributed by atoms with E-state index >= 15 is 0 Å². The fraction of sp³-hybridized carbons (Fsp3) is 1.00. The van der Waals surface area contributed by atoms with Crippen LogP contribution in [-0.2, 0) is 0 Å². The summed E-state index contributed by atoms with van der Waals surface area (Å²) in [7, 11) is 0.